The van der Waals surface area contributed by atoms with E-state index in [2.05, 4.69) is 4.84 Å². The zero-order valence-electron chi connectivity index (χ0n) is 10.3. The van der Waals surface area contributed by atoms with Crippen LogP contribution in [0.15, 0.2) is 0 Å². The minimum atomic E-state index is -1.46. The molecular weight excluding hydrogens is 272 g/mol. The highest BCUT2D eigenvalue weighted by Gasteiger charge is 2.37. The van der Waals surface area contributed by atoms with Gasteiger partial charge in [0.2, 0.25) is 11.8 Å². The summed E-state index contributed by atoms with van der Waals surface area (Å²) in [5.74, 6) is -5.18. The standard InChI is InChI=1S/C11H10N2O7/c14-6(5-12-7(15)1-2-8(12)16)11(19)20-13-9(17)3-4-10(13)18/h1-5H2. The number of carbonyl (C=O) groups excluding carboxylic acids is 6. The van der Waals surface area contributed by atoms with Gasteiger partial charge in [0, 0.05) is 25.7 Å². The first-order valence-electron chi connectivity index (χ1n) is 5.84. The molecule has 0 N–H and O–H groups in total. The molecule has 2 fully saturated rings. The molecule has 0 radical (unpaired) electrons. The van der Waals surface area contributed by atoms with E-state index in [-0.39, 0.29) is 30.7 Å². The second-order valence-corrected chi connectivity index (χ2v) is 4.26. The molecule has 0 bridgehead atoms. The van der Waals surface area contributed by atoms with Gasteiger partial charge in [-0.2, -0.15) is 0 Å². The fourth-order valence-corrected chi connectivity index (χ4v) is 1.80. The van der Waals surface area contributed by atoms with E-state index in [1.807, 2.05) is 0 Å². The fraction of sp³-hybridized carbons (Fsp3) is 0.455. The molecule has 0 unspecified atom stereocenters. The van der Waals surface area contributed by atoms with Crippen molar-refractivity contribution in [3.05, 3.63) is 0 Å². The van der Waals surface area contributed by atoms with Crippen LogP contribution in [-0.2, 0) is 33.6 Å². The maximum atomic E-state index is 11.5. The van der Waals surface area contributed by atoms with Crippen LogP contribution in [0.25, 0.3) is 0 Å². The third kappa shape index (κ3) is 2.56. The maximum Gasteiger partial charge on any atom is 0.401 e. The summed E-state index contributed by atoms with van der Waals surface area (Å²) in [5.41, 5.74) is 0. The molecule has 0 aliphatic carbocycles. The molecule has 0 aromatic carbocycles. The van der Waals surface area contributed by atoms with E-state index in [1.54, 1.807) is 0 Å². The van der Waals surface area contributed by atoms with Crippen LogP contribution < -0.4 is 0 Å². The predicted molar refractivity (Wildman–Crippen MR) is 58.1 cm³/mol. The largest absolute Gasteiger partial charge is 0.401 e. The van der Waals surface area contributed by atoms with Crippen LogP contribution in [0.2, 0.25) is 0 Å². The molecule has 4 amide bonds. The molecule has 0 aromatic heterocycles. The summed E-state index contributed by atoms with van der Waals surface area (Å²) in [6.45, 7) is -0.743. The number of nitrogens with zero attached hydrogens (tertiary/aromatic N) is 2. The van der Waals surface area contributed by atoms with Gasteiger partial charge < -0.3 is 4.84 Å². The number of rotatable bonds is 4. The summed E-state index contributed by atoms with van der Waals surface area (Å²) in [5, 5.41) is 0.230. The van der Waals surface area contributed by atoms with Gasteiger partial charge >= 0.3 is 5.97 Å². The summed E-state index contributed by atoms with van der Waals surface area (Å²) < 4.78 is 0. The van der Waals surface area contributed by atoms with Gasteiger partial charge in [0.1, 0.15) is 0 Å². The first-order chi connectivity index (χ1) is 9.40. The Kier molecular flexibility index (Phi) is 3.59. The molecule has 2 heterocycles. The normalized spacial score (nSPS) is 19.0. The van der Waals surface area contributed by atoms with Gasteiger partial charge in [-0.15, -0.1) is 5.06 Å². The SMILES string of the molecule is O=C(CN1C(=O)CCC1=O)C(=O)ON1C(=O)CCC1=O. The van der Waals surface area contributed by atoms with Crippen molar-refractivity contribution in [3.63, 3.8) is 0 Å². The lowest BCUT2D eigenvalue weighted by molar-refractivity contribution is -0.197. The van der Waals surface area contributed by atoms with Crippen LogP contribution in [0.1, 0.15) is 25.7 Å². The Morgan fingerprint density at radius 1 is 0.850 bits per heavy atom. The zero-order valence-corrected chi connectivity index (χ0v) is 10.3. The lowest BCUT2D eigenvalue weighted by Gasteiger charge is -2.14. The minimum Gasteiger partial charge on any atom is -0.322 e. The Labute approximate surface area is 112 Å². The first-order valence-corrected chi connectivity index (χ1v) is 5.84. The van der Waals surface area contributed by atoms with Crippen molar-refractivity contribution in [2.75, 3.05) is 6.54 Å². The third-order valence-corrected chi connectivity index (χ3v) is 2.86. The minimum absolute atomic E-state index is 0.00966. The van der Waals surface area contributed by atoms with Crippen molar-refractivity contribution in [1.29, 1.82) is 0 Å². The number of likely N-dealkylation sites (tertiary alicyclic amines) is 1. The fourth-order valence-electron chi connectivity index (χ4n) is 1.80. The highest BCUT2D eigenvalue weighted by atomic mass is 16.7. The van der Waals surface area contributed by atoms with Crippen LogP contribution in [0.4, 0.5) is 0 Å². The Hall–Kier alpha value is -2.58. The number of amides is 4. The molecule has 2 aliphatic rings. The summed E-state index contributed by atoms with van der Waals surface area (Å²) >= 11 is 0. The van der Waals surface area contributed by atoms with Crippen LogP contribution in [0, 0.1) is 0 Å². The summed E-state index contributed by atoms with van der Waals surface area (Å²) in [4.78, 5) is 72.9. The van der Waals surface area contributed by atoms with E-state index < -0.39 is 41.9 Å². The number of ketones is 1. The topological polar surface area (TPSA) is 118 Å². The van der Waals surface area contributed by atoms with Crippen molar-refractivity contribution >= 4 is 35.4 Å². The number of hydroxylamine groups is 2. The number of hydrogen-bond acceptors (Lipinski definition) is 7. The molecule has 0 atom stereocenters. The zero-order chi connectivity index (χ0) is 14.9. The van der Waals surface area contributed by atoms with E-state index >= 15 is 0 Å². The summed E-state index contributed by atoms with van der Waals surface area (Å²) in [6.07, 6.45) is -0.207. The van der Waals surface area contributed by atoms with Crippen molar-refractivity contribution in [2.24, 2.45) is 0 Å². The average molecular weight is 282 g/mol. The molecule has 0 saturated carbocycles. The van der Waals surface area contributed by atoms with E-state index in [0.717, 1.165) is 0 Å². The number of hydrogen-bond donors (Lipinski definition) is 0. The van der Waals surface area contributed by atoms with Gasteiger partial charge in [0.05, 0.1) is 6.54 Å². The summed E-state index contributed by atoms with van der Waals surface area (Å²) in [7, 11) is 0. The van der Waals surface area contributed by atoms with Gasteiger partial charge in [-0.25, -0.2) is 4.79 Å². The van der Waals surface area contributed by atoms with Crippen LogP contribution in [0.3, 0.4) is 0 Å². The molecular formula is C11H10N2O7. The van der Waals surface area contributed by atoms with E-state index in [4.69, 9.17) is 0 Å². The molecule has 2 saturated heterocycles. The Bertz CT molecular complexity index is 459. The summed E-state index contributed by atoms with van der Waals surface area (Å²) in [6, 6.07) is 0. The Morgan fingerprint density at radius 2 is 1.30 bits per heavy atom. The van der Waals surface area contributed by atoms with Gasteiger partial charge in [0.25, 0.3) is 17.6 Å². The lowest BCUT2D eigenvalue weighted by Crippen LogP contribution is -2.41. The molecule has 9 heteroatoms. The Morgan fingerprint density at radius 3 is 1.80 bits per heavy atom. The molecule has 106 valence electrons. The highest BCUT2D eigenvalue weighted by Crippen LogP contribution is 2.14. The maximum absolute atomic E-state index is 11.5. The Balaban J connectivity index is 1.94. The third-order valence-electron chi connectivity index (χ3n) is 2.86. The van der Waals surface area contributed by atoms with Crippen LogP contribution >= 0.6 is 0 Å². The molecule has 2 rings (SSSR count). The van der Waals surface area contributed by atoms with Crippen molar-refractivity contribution < 1.29 is 33.6 Å². The van der Waals surface area contributed by atoms with Gasteiger partial charge in [-0.05, 0) is 0 Å². The smallest absolute Gasteiger partial charge is 0.322 e. The van der Waals surface area contributed by atoms with Gasteiger partial charge in [-0.3, -0.25) is 28.9 Å². The average Bonchev–Trinajstić information content (AvgIpc) is 2.88. The first kappa shape index (κ1) is 13.8. The van der Waals surface area contributed by atoms with Crippen molar-refractivity contribution in [3.8, 4) is 0 Å². The van der Waals surface area contributed by atoms with Crippen molar-refractivity contribution in [1.82, 2.24) is 9.96 Å². The number of imide groups is 2. The second-order valence-electron chi connectivity index (χ2n) is 4.26. The monoisotopic (exact) mass is 282 g/mol. The molecule has 0 spiro atoms. The molecule has 9 nitrogen and oxygen atoms in total. The lowest BCUT2D eigenvalue weighted by atomic mass is 10.3. The molecule has 20 heavy (non-hydrogen) atoms. The van der Waals surface area contributed by atoms with Crippen LogP contribution in [0.5, 0.6) is 0 Å². The van der Waals surface area contributed by atoms with E-state index in [1.165, 1.54) is 0 Å². The van der Waals surface area contributed by atoms with Crippen molar-refractivity contribution in [2.45, 2.75) is 25.7 Å². The number of Topliss-reactive ketones (excluding diaryl/α,β-unsaturated/α-hetero) is 1. The highest BCUT2D eigenvalue weighted by molar-refractivity contribution is 6.35. The second kappa shape index (κ2) is 5.19. The van der Waals surface area contributed by atoms with E-state index in [0.29, 0.717) is 4.90 Å². The van der Waals surface area contributed by atoms with Crippen LogP contribution in [-0.4, -0.2) is 51.9 Å². The molecule has 2 aliphatic heterocycles. The van der Waals surface area contributed by atoms with Gasteiger partial charge in [-0.1, -0.05) is 0 Å². The number of carbonyl (C=O) groups is 6. The van der Waals surface area contributed by atoms with E-state index in [9.17, 15) is 28.8 Å². The quantitative estimate of drug-likeness (QED) is 0.446. The predicted octanol–water partition coefficient (Wildman–Crippen LogP) is -1.69. The van der Waals surface area contributed by atoms with Gasteiger partial charge in [0.15, 0.2) is 0 Å². The molecule has 0 aromatic rings.